The molecule has 0 radical (unpaired) electrons. The van der Waals surface area contributed by atoms with Gasteiger partial charge in [0.2, 0.25) is 0 Å². The molecule has 5 aliphatic carbocycles. The van der Waals surface area contributed by atoms with E-state index in [9.17, 15) is 46.0 Å². The summed E-state index contributed by atoms with van der Waals surface area (Å²) >= 11 is 0. The maximum Gasteiger partial charge on any atom is 0.186 e. The maximum atomic E-state index is 12.2. The fraction of sp³-hybridized carbons (Fsp3) is 1.00. The summed E-state index contributed by atoms with van der Waals surface area (Å²) in [6, 6.07) is 0. The number of fused-ring (bicyclic) bond motifs is 2. The van der Waals surface area contributed by atoms with E-state index in [0.717, 1.165) is 32.1 Å². The molecule has 3 aliphatic heterocycles. The molecule has 2 spiro atoms. The largest absolute Gasteiger partial charge is 0.394 e. The van der Waals surface area contributed by atoms with Gasteiger partial charge in [-0.1, -0.05) is 27.7 Å². The third-order valence-corrected chi connectivity index (χ3v) is 17.6. The standard InChI is InChI=1S/C41H68O14/c1-35(2)24(54-33-29(48)26(45)20(44)17-51-33)9-11-41-18-40(41)13-12-37(5)31(39(7)10-8-25(55-39)36(3,4)50)19(43)15-38(37,6)23(40)14-21(32(35)41)52-34-30(49)28(47)27(46)22(16-42)53-34/h19-34,42-50H,8-18H2,1-7H3/t19-,20-,21+,22+,23-,24-,25+,26+,27+,28-,29+,30+,31+,32-,33+,34+,37+,38+,39-,40-,41+/m1/s1. The molecule has 8 fully saturated rings. The third kappa shape index (κ3) is 5.70. The summed E-state index contributed by atoms with van der Waals surface area (Å²) in [5.74, 6) is -0.215. The van der Waals surface area contributed by atoms with Gasteiger partial charge >= 0.3 is 0 Å². The molecule has 3 saturated heterocycles. The summed E-state index contributed by atoms with van der Waals surface area (Å²) in [5, 5.41) is 97.2. The molecule has 5 saturated carbocycles. The molecule has 3 heterocycles. The van der Waals surface area contributed by atoms with Crippen LogP contribution in [0.4, 0.5) is 0 Å². The van der Waals surface area contributed by atoms with Gasteiger partial charge in [-0.05, 0) is 117 Å². The highest BCUT2D eigenvalue weighted by Gasteiger charge is 2.85. The van der Waals surface area contributed by atoms with Crippen molar-refractivity contribution < 1.29 is 69.6 Å². The van der Waals surface area contributed by atoms with Crippen LogP contribution in [0.2, 0.25) is 0 Å². The summed E-state index contributed by atoms with van der Waals surface area (Å²) in [5.41, 5.74) is -3.16. The molecule has 14 heteroatoms. The van der Waals surface area contributed by atoms with E-state index in [2.05, 4.69) is 34.6 Å². The highest BCUT2D eigenvalue weighted by Crippen LogP contribution is 2.89. The first kappa shape index (κ1) is 41.2. The van der Waals surface area contributed by atoms with Gasteiger partial charge in [0.15, 0.2) is 12.6 Å². The normalized spacial score (nSPS) is 58.7. The number of hydrogen-bond acceptors (Lipinski definition) is 14. The highest BCUT2D eigenvalue weighted by atomic mass is 16.7. The van der Waals surface area contributed by atoms with Crippen LogP contribution in [0.1, 0.15) is 106 Å². The van der Waals surface area contributed by atoms with Crippen molar-refractivity contribution in [3.8, 4) is 0 Å². The second-order valence-corrected chi connectivity index (χ2v) is 21.1. The summed E-state index contributed by atoms with van der Waals surface area (Å²) in [6.45, 7) is 13.8. The van der Waals surface area contributed by atoms with Crippen molar-refractivity contribution in [2.75, 3.05) is 13.2 Å². The van der Waals surface area contributed by atoms with Gasteiger partial charge in [0, 0.05) is 5.92 Å². The fourth-order valence-corrected chi connectivity index (χ4v) is 14.9. The lowest BCUT2D eigenvalue weighted by molar-refractivity contribution is -0.339. The van der Waals surface area contributed by atoms with Crippen molar-refractivity contribution in [2.24, 2.45) is 44.8 Å². The Morgan fingerprint density at radius 2 is 1.40 bits per heavy atom. The molecule has 0 aromatic rings. The van der Waals surface area contributed by atoms with Crippen LogP contribution in [0.15, 0.2) is 0 Å². The number of aliphatic hydroxyl groups is 9. The minimum Gasteiger partial charge on any atom is -0.394 e. The molecular weight excluding hydrogens is 716 g/mol. The Morgan fingerprint density at radius 1 is 0.709 bits per heavy atom. The van der Waals surface area contributed by atoms with Crippen molar-refractivity contribution in [2.45, 2.75) is 197 Å². The molecule has 9 N–H and O–H groups in total. The van der Waals surface area contributed by atoms with E-state index < -0.39 is 96.8 Å². The molecule has 0 amide bonds. The van der Waals surface area contributed by atoms with Crippen LogP contribution in [0, 0.1) is 44.8 Å². The Morgan fingerprint density at radius 3 is 2.05 bits per heavy atom. The topological polar surface area (TPSA) is 228 Å². The second-order valence-electron chi connectivity index (χ2n) is 21.1. The van der Waals surface area contributed by atoms with Crippen LogP contribution >= 0.6 is 0 Å². The van der Waals surface area contributed by atoms with E-state index in [4.69, 9.17) is 23.7 Å². The lowest BCUT2D eigenvalue weighted by Gasteiger charge is -2.65. The maximum absolute atomic E-state index is 12.2. The predicted molar refractivity (Wildman–Crippen MR) is 194 cm³/mol. The van der Waals surface area contributed by atoms with Gasteiger partial charge in [0.1, 0.15) is 42.7 Å². The Bertz CT molecular complexity index is 1460. The van der Waals surface area contributed by atoms with Crippen molar-refractivity contribution in [3.05, 3.63) is 0 Å². The summed E-state index contributed by atoms with van der Waals surface area (Å²) < 4.78 is 31.9. The first-order chi connectivity index (χ1) is 25.5. The quantitative estimate of drug-likeness (QED) is 0.162. The molecule has 0 aromatic heterocycles. The number of ether oxygens (including phenoxy) is 5. The van der Waals surface area contributed by atoms with Crippen molar-refractivity contribution in [3.63, 3.8) is 0 Å². The zero-order valence-electron chi connectivity index (χ0n) is 33.6. The summed E-state index contributed by atoms with van der Waals surface area (Å²) in [7, 11) is 0. The van der Waals surface area contributed by atoms with E-state index >= 15 is 0 Å². The Balaban J connectivity index is 1.15. The van der Waals surface area contributed by atoms with Crippen molar-refractivity contribution in [1.82, 2.24) is 0 Å². The third-order valence-electron chi connectivity index (χ3n) is 17.6. The monoisotopic (exact) mass is 784 g/mol. The SMILES string of the molecule is CC(C)(O)[C@@H]1CC[C@](C)([C@H]2[C@H](O)C[C@@]3(C)[C@H]4C[C@H](O[C@H]5O[C@@H](CO)[C@H](O)[C@@H](O)[C@@H]5O)[C@@H]5C(C)(C)[C@H](O[C@@H]6OC[C@@H](O)[C@H](O)[C@@H]6O)CC[C@]56C[C@]46CC[C@@]23C)O1. The van der Waals surface area contributed by atoms with Gasteiger partial charge in [-0.25, -0.2) is 0 Å². The smallest absolute Gasteiger partial charge is 0.186 e. The average Bonchev–Trinajstić information content (AvgIpc) is 3.47. The van der Waals surface area contributed by atoms with E-state index in [1.807, 2.05) is 0 Å². The van der Waals surface area contributed by atoms with Gasteiger partial charge in [-0.2, -0.15) is 0 Å². The number of rotatable bonds is 7. The Kier molecular flexibility index (Phi) is 9.90. The molecule has 8 rings (SSSR count). The van der Waals surface area contributed by atoms with Crippen LogP contribution in [0.25, 0.3) is 0 Å². The van der Waals surface area contributed by atoms with Gasteiger partial charge in [-0.3, -0.25) is 0 Å². The van der Waals surface area contributed by atoms with Crippen molar-refractivity contribution in [1.29, 1.82) is 0 Å². The first-order valence-corrected chi connectivity index (χ1v) is 20.9. The molecule has 0 bridgehead atoms. The minimum atomic E-state index is -1.60. The molecular formula is C41H68O14. The molecule has 55 heavy (non-hydrogen) atoms. The Hall–Kier alpha value is -0.560. The predicted octanol–water partition coefficient (Wildman–Crippen LogP) is 0.724. The molecule has 0 aromatic carbocycles. The van der Waals surface area contributed by atoms with Crippen LogP contribution in [0.3, 0.4) is 0 Å². The number of aliphatic hydroxyl groups excluding tert-OH is 8. The van der Waals surface area contributed by atoms with Gasteiger partial charge in [-0.15, -0.1) is 0 Å². The van der Waals surface area contributed by atoms with E-state index in [0.29, 0.717) is 25.7 Å². The summed E-state index contributed by atoms with van der Waals surface area (Å²) in [6.07, 6.45) is -7.48. The Labute approximate surface area is 324 Å². The van der Waals surface area contributed by atoms with Gasteiger partial charge in [0.05, 0.1) is 48.8 Å². The minimum absolute atomic E-state index is 0.0633. The van der Waals surface area contributed by atoms with Crippen LogP contribution < -0.4 is 0 Å². The van der Waals surface area contributed by atoms with Crippen LogP contribution in [0.5, 0.6) is 0 Å². The van der Waals surface area contributed by atoms with Crippen molar-refractivity contribution >= 4 is 0 Å². The molecule has 8 aliphatic rings. The van der Waals surface area contributed by atoms with Crippen LogP contribution in [-0.2, 0) is 23.7 Å². The van der Waals surface area contributed by atoms with Gasteiger partial charge < -0.3 is 69.6 Å². The fourth-order valence-electron chi connectivity index (χ4n) is 14.9. The molecule has 0 unspecified atom stereocenters. The van der Waals surface area contributed by atoms with Gasteiger partial charge in [0.25, 0.3) is 0 Å². The van der Waals surface area contributed by atoms with Crippen LogP contribution in [-0.4, -0.2) is 150 Å². The average molecular weight is 785 g/mol. The molecule has 21 atom stereocenters. The first-order valence-electron chi connectivity index (χ1n) is 20.9. The lowest BCUT2D eigenvalue weighted by atomic mass is 9.41. The zero-order chi connectivity index (χ0) is 40.1. The lowest BCUT2D eigenvalue weighted by Crippen LogP contribution is -2.65. The summed E-state index contributed by atoms with van der Waals surface area (Å²) in [4.78, 5) is 0. The molecule has 14 nitrogen and oxygen atoms in total. The highest BCUT2D eigenvalue weighted by molar-refractivity contribution is 5.33. The number of hydrogen-bond donors (Lipinski definition) is 9. The van der Waals surface area contributed by atoms with E-state index in [-0.39, 0.29) is 52.1 Å². The van der Waals surface area contributed by atoms with E-state index in [1.54, 1.807) is 13.8 Å². The zero-order valence-corrected chi connectivity index (χ0v) is 33.6. The van der Waals surface area contributed by atoms with E-state index in [1.165, 1.54) is 0 Å². The second kappa shape index (κ2) is 13.2. The molecule has 316 valence electrons.